The average Bonchev–Trinajstić information content (AvgIpc) is 3.02. The lowest BCUT2D eigenvalue weighted by atomic mass is 10.2. The maximum Gasteiger partial charge on any atom is 0.417 e. The summed E-state index contributed by atoms with van der Waals surface area (Å²) in [6.07, 6.45) is -2.99. The zero-order chi connectivity index (χ0) is 18.9. The highest BCUT2D eigenvalue weighted by molar-refractivity contribution is 5.41. The van der Waals surface area contributed by atoms with Crippen molar-refractivity contribution in [3.8, 4) is 5.88 Å². The molecule has 1 unspecified atom stereocenters. The molecule has 0 spiro atoms. The Labute approximate surface area is 150 Å². The first-order valence-corrected chi connectivity index (χ1v) is 8.53. The monoisotopic (exact) mass is 366 g/mol. The van der Waals surface area contributed by atoms with Crippen molar-refractivity contribution < 1.29 is 17.9 Å². The third-order valence-electron chi connectivity index (χ3n) is 4.19. The highest BCUT2D eigenvalue weighted by Gasteiger charge is 2.31. The van der Waals surface area contributed by atoms with Gasteiger partial charge in [0, 0.05) is 42.9 Å². The van der Waals surface area contributed by atoms with Crippen molar-refractivity contribution in [3.05, 3.63) is 41.5 Å². The molecule has 3 rings (SSSR count). The summed E-state index contributed by atoms with van der Waals surface area (Å²) < 4.78 is 43.5. The first kappa shape index (κ1) is 18.4. The van der Waals surface area contributed by atoms with E-state index in [0.717, 1.165) is 42.6 Å². The van der Waals surface area contributed by atoms with Gasteiger partial charge >= 0.3 is 6.18 Å². The second kappa shape index (κ2) is 7.09. The number of anilines is 1. The fourth-order valence-corrected chi connectivity index (χ4v) is 2.82. The number of aryl methyl sites for hydroxylation is 1. The van der Waals surface area contributed by atoms with Crippen LogP contribution in [0, 0.1) is 6.92 Å². The van der Waals surface area contributed by atoms with E-state index in [1.54, 1.807) is 0 Å². The number of rotatable bonds is 4. The molecule has 0 saturated carbocycles. The number of hydrogen-bond acceptors (Lipinski definition) is 5. The molecule has 2 aromatic heterocycles. The van der Waals surface area contributed by atoms with E-state index in [2.05, 4.69) is 19.9 Å². The summed E-state index contributed by atoms with van der Waals surface area (Å²) in [6.45, 7) is 7.40. The van der Waals surface area contributed by atoms with Crippen LogP contribution in [0.4, 0.5) is 19.0 Å². The molecule has 1 saturated heterocycles. The van der Waals surface area contributed by atoms with Crippen molar-refractivity contribution >= 4 is 5.82 Å². The van der Waals surface area contributed by atoms with Gasteiger partial charge in [0.2, 0.25) is 5.88 Å². The topological polar surface area (TPSA) is 51.1 Å². The lowest BCUT2D eigenvalue weighted by Crippen LogP contribution is -2.26. The fourth-order valence-electron chi connectivity index (χ4n) is 2.82. The average molecular weight is 366 g/mol. The van der Waals surface area contributed by atoms with Crippen molar-refractivity contribution in [3.63, 3.8) is 0 Å². The molecular weight excluding hydrogens is 345 g/mol. The zero-order valence-electron chi connectivity index (χ0n) is 14.9. The van der Waals surface area contributed by atoms with Crippen molar-refractivity contribution in [2.24, 2.45) is 0 Å². The van der Waals surface area contributed by atoms with E-state index < -0.39 is 11.7 Å². The fraction of sp³-hybridized carbons (Fsp3) is 0.500. The van der Waals surface area contributed by atoms with Crippen LogP contribution in [0.15, 0.2) is 24.4 Å². The number of hydrogen-bond donors (Lipinski definition) is 0. The minimum Gasteiger partial charge on any atom is -0.472 e. The van der Waals surface area contributed by atoms with E-state index in [-0.39, 0.29) is 17.9 Å². The smallest absolute Gasteiger partial charge is 0.417 e. The quantitative estimate of drug-likeness (QED) is 0.819. The molecule has 1 aliphatic rings. The van der Waals surface area contributed by atoms with Gasteiger partial charge in [-0.3, -0.25) is 0 Å². The molecule has 0 aliphatic carbocycles. The van der Waals surface area contributed by atoms with Gasteiger partial charge in [-0.05, 0) is 13.0 Å². The van der Waals surface area contributed by atoms with Gasteiger partial charge < -0.3 is 9.64 Å². The summed E-state index contributed by atoms with van der Waals surface area (Å²) in [6, 6.07) is 4.18. The van der Waals surface area contributed by atoms with Crippen LogP contribution in [0.1, 0.15) is 43.3 Å². The van der Waals surface area contributed by atoms with Crippen LogP contribution in [0.3, 0.4) is 0 Å². The van der Waals surface area contributed by atoms with Gasteiger partial charge in [-0.1, -0.05) is 13.8 Å². The number of aromatic nitrogens is 3. The minimum absolute atomic E-state index is 0.142. The predicted molar refractivity (Wildman–Crippen MR) is 91.3 cm³/mol. The van der Waals surface area contributed by atoms with Crippen molar-refractivity contribution in [1.29, 1.82) is 0 Å². The molecule has 1 fully saturated rings. The largest absolute Gasteiger partial charge is 0.472 e. The van der Waals surface area contributed by atoms with Crippen LogP contribution in [0.5, 0.6) is 5.88 Å². The summed E-state index contributed by atoms with van der Waals surface area (Å²) in [5.74, 6) is 2.09. The van der Waals surface area contributed by atoms with Gasteiger partial charge in [0.05, 0.1) is 12.1 Å². The molecule has 26 heavy (non-hydrogen) atoms. The second-order valence-electron chi connectivity index (χ2n) is 6.74. The summed E-state index contributed by atoms with van der Waals surface area (Å²) in [4.78, 5) is 14.9. The Hall–Kier alpha value is -2.38. The van der Waals surface area contributed by atoms with Gasteiger partial charge in [-0.15, -0.1) is 0 Å². The molecule has 0 bridgehead atoms. The lowest BCUT2D eigenvalue weighted by molar-refractivity contribution is -0.137. The number of pyridine rings is 1. The third-order valence-corrected chi connectivity index (χ3v) is 4.19. The van der Waals surface area contributed by atoms with E-state index in [1.165, 1.54) is 6.07 Å². The molecule has 1 atom stereocenters. The van der Waals surface area contributed by atoms with Gasteiger partial charge in [-0.2, -0.15) is 13.2 Å². The number of ether oxygens (including phenoxy) is 1. The van der Waals surface area contributed by atoms with Crippen molar-refractivity contribution in [2.45, 2.75) is 45.4 Å². The molecule has 140 valence electrons. The van der Waals surface area contributed by atoms with E-state index in [4.69, 9.17) is 4.74 Å². The Kier molecular flexibility index (Phi) is 5.02. The van der Waals surface area contributed by atoms with E-state index >= 15 is 0 Å². The Morgan fingerprint density at radius 2 is 2.00 bits per heavy atom. The molecule has 0 radical (unpaired) electrons. The van der Waals surface area contributed by atoms with Crippen molar-refractivity contribution in [1.82, 2.24) is 15.0 Å². The van der Waals surface area contributed by atoms with Gasteiger partial charge in [-0.25, -0.2) is 15.0 Å². The van der Waals surface area contributed by atoms with Gasteiger partial charge in [0.25, 0.3) is 0 Å². The van der Waals surface area contributed by atoms with Crippen LogP contribution in [0.2, 0.25) is 0 Å². The molecule has 3 heterocycles. The Morgan fingerprint density at radius 1 is 1.23 bits per heavy atom. The lowest BCUT2D eigenvalue weighted by Gasteiger charge is -2.19. The molecule has 1 aliphatic heterocycles. The standard InChI is InChI=1S/C18H21F3N4O/c1-11(2)17-23-12(3)8-15(24-17)25-7-6-14(10-25)26-16-5-4-13(9-22-16)18(19,20)21/h4-5,8-9,11,14H,6-7,10H2,1-3H3. The number of halogens is 3. The molecule has 5 nitrogen and oxygen atoms in total. The van der Waals surface area contributed by atoms with Crippen LogP contribution in [0.25, 0.3) is 0 Å². The van der Waals surface area contributed by atoms with Crippen LogP contribution in [-0.2, 0) is 6.18 Å². The molecule has 0 aromatic carbocycles. The summed E-state index contributed by atoms with van der Waals surface area (Å²) in [5, 5.41) is 0. The molecular formula is C18H21F3N4O. The normalized spacial score (nSPS) is 17.8. The van der Waals surface area contributed by atoms with Crippen molar-refractivity contribution in [2.75, 3.05) is 18.0 Å². The van der Waals surface area contributed by atoms with E-state index in [9.17, 15) is 13.2 Å². The van der Waals surface area contributed by atoms with Gasteiger partial charge in [0.1, 0.15) is 17.7 Å². The SMILES string of the molecule is Cc1cc(N2CCC(Oc3ccc(C(F)(F)F)cn3)C2)nc(C(C)C)n1. The predicted octanol–water partition coefficient (Wildman–Crippen LogP) is 3.98. The van der Waals surface area contributed by atoms with E-state index in [1.807, 2.05) is 26.8 Å². The minimum atomic E-state index is -4.39. The third kappa shape index (κ3) is 4.23. The Bertz CT molecular complexity index is 762. The number of nitrogens with zero attached hydrogens (tertiary/aromatic N) is 4. The highest BCUT2D eigenvalue weighted by atomic mass is 19.4. The molecule has 0 amide bonds. The maximum absolute atomic E-state index is 12.6. The first-order chi connectivity index (χ1) is 12.2. The first-order valence-electron chi connectivity index (χ1n) is 8.53. The molecule has 2 aromatic rings. The summed E-state index contributed by atoms with van der Waals surface area (Å²) >= 11 is 0. The van der Waals surface area contributed by atoms with Crippen LogP contribution >= 0.6 is 0 Å². The van der Waals surface area contributed by atoms with Crippen LogP contribution in [-0.4, -0.2) is 34.1 Å². The van der Waals surface area contributed by atoms with Gasteiger partial charge in [0.15, 0.2) is 0 Å². The Balaban J connectivity index is 1.66. The highest BCUT2D eigenvalue weighted by Crippen LogP contribution is 2.30. The summed E-state index contributed by atoms with van der Waals surface area (Å²) in [7, 11) is 0. The maximum atomic E-state index is 12.6. The zero-order valence-corrected chi connectivity index (χ0v) is 14.9. The van der Waals surface area contributed by atoms with Crippen LogP contribution < -0.4 is 9.64 Å². The van der Waals surface area contributed by atoms with E-state index in [0.29, 0.717) is 6.54 Å². The number of alkyl halides is 3. The Morgan fingerprint density at radius 3 is 2.62 bits per heavy atom. The second-order valence-corrected chi connectivity index (χ2v) is 6.74. The summed E-state index contributed by atoms with van der Waals surface area (Å²) in [5.41, 5.74) is 0.128. The molecule has 8 heteroatoms. The molecule has 0 N–H and O–H groups in total.